The second-order valence-electron chi connectivity index (χ2n) is 3.01. The fourth-order valence-corrected chi connectivity index (χ4v) is 0.537. The van der Waals surface area contributed by atoms with Gasteiger partial charge < -0.3 is 9.84 Å². The van der Waals surface area contributed by atoms with Crippen molar-refractivity contribution >= 4 is 5.97 Å². The summed E-state index contributed by atoms with van der Waals surface area (Å²) in [6.45, 7) is 6.79. The van der Waals surface area contributed by atoms with Crippen molar-refractivity contribution in [2.45, 2.75) is 39.9 Å². The number of aliphatic hydroxyl groups excluding tert-OH is 1. The zero-order chi connectivity index (χ0) is 9.02. The fourth-order valence-electron chi connectivity index (χ4n) is 0.537. The average Bonchev–Trinajstić information content (AvgIpc) is 1.84. The molecule has 0 aliphatic carbocycles. The number of hydrogen-bond donors (Lipinski definition) is 1. The van der Waals surface area contributed by atoms with Gasteiger partial charge in [-0.1, -0.05) is 0 Å². The lowest BCUT2D eigenvalue weighted by Crippen LogP contribution is -2.26. The van der Waals surface area contributed by atoms with E-state index in [1.165, 1.54) is 0 Å². The summed E-state index contributed by atoms with van der Waals surface area (Å²) in [6.07, 6.45) is -0.745. The molecular formula is C8H16O3. The molecule has 3 heteroatoms. The van der Waals surface area contributed by atoms with E-state index in [-0.39, 0.29) is 12.1 Å². The number of esters is 1. The van der Waals surface area contributed by atoms with Gasteiger partial charge in [0.1, 0.15) is 0 Å². The Kier molecular flexibility index (Phi) is 4.11. The highest BCUT2D eigenvalue weighted by Gasteiger charge is 2.20. The molecule has 0 rings (SSSR count). The van der Waals surface area contributed by atoms with Crippen LogP contribution >= 0.6 is 0 Å². The number of carbonyl (C=O) groups is 1. The van der Waals surface area contributed by atoms with E-state index in [4.69, 9.17) is 9.84 Å². The molecule has 0 aromatic heterocycles. The summed E-state index contributed by atoms with van der Waals surface area (Å²) in [4.78, 5) is 11.0. The molecule has 0 spiro atoms. The molecule has 0 saturated carbocycles. The third-order valence-corrected chi connectivity index (χ3v) is 1.45. The molecule has 0 saturated heterocycles. The van der Waals surface area contributed by atoms with Crippen LogP contribution in [0.1, 0.15) is 27.7 Å². The van der Waals surface area contributed by atoms with E-state index in [0.29, 0.717) is 0 Å². The molecular weight excluding hydrogens is 144 g/mol. The quantitative estimate of drug-likeness (QED) is 0.625. The molecule has 0 heterocycles. The fraction of sp³-hybridized carbons (Fsp3) is 0.875. The second-order valence-corrected chi connectivity index (χ2v) is 3.01. The highest BCUT2D eigenvalue weighted by Crippen LogP contribution is 2.05. The molecule has 1 N–H and O–H groups in total. The van der Waals surface area contributed by atoms with Crippen molar-refractivity contribution in [2.75, 3.05) is 0 Å². The molecule has 0 aromatic rings. The normalized spacial score (nSPS) is 16.2. The summed E-state index contributed by atoms with van der Waals surface area (Å²) >= 11 is 0. The maximum Gasteiger partial charge on any atom is 0.311 e. The van der Waals surface area contributed by atoms with Gasteiger partial charge in [0.25, 0.3) is 0 Å². The Balaban J connectivity index is 3.83. The molecule has 11 heavy (non-hydrogen) atoms. The van der Waals surface area contributed by atoms with Crippen LogP contribution in [0.2, 0.25) is 0 Å². The van der Waals surface area contributed by atoms with Crippen molar-refractivity contribution in [1.82, 2.24) is 0 Å². The van der Waals surface area contributed by atoms with Gasteiger partial charge in [0.15, 0.2) is 0 Å². The van der Waals surface area contributed by atoms with Gasteiger partial charge >= 0.3 is 5.97 Å². The summed E-state index contributed by atoms with van der Waals surface area (Å²) in [7, 11) is 0. The Bertz CT molecular complexity index is 129. The number of hydrogen-bond acceptors (Lipinski definition) is 3. The molecule has 0 aromatic carbocycles. The van der Waals surface area contributed by atoms with Crippen LogP contribution in [0.25, 0.3) is 0 Å². The van der Waals surface area contributed by atoms with Crippen molar-refractivity contribution < 1.29 is 14.6 Å². The van der Waals surface area contributed by atoms with Gasteiger partial charge in [-0.2, -0.15) is 0 Å². The van der Waals surface area contributed by atoms with Crippen molar-refractivity contribution in [3.63, 3.8) is 0 Å². The lowest BCUT2D eigenvalue weighted by molar-refractivity contribution is -0.155. The van der Waals surface area contributed by atoms with E-state index in [0.717, 1.165) is 0 Å². The predicted octanol–water partition coefficient (Wildman–Crippen LogP) is 0.955. The molecule has 0 aliphatic heterocycles. The predicted molar refractivity (Wildman–Crippen MR) is 42.1 cm³/mol. The highest BCUT2D eigenvalue weighted by molar-refractivity contribution is 5.72. The van der Waals surface area contributed by atoms with Crippen LogP contribution in [0.4, 0.5) is 0 Å². The van der Waals surface area contributed by atoms with Crippen molar-refractivity contribution in [3.8, 4) is 0 Å². The summed E-state index contributed by atoms with van der Waals surface area (Å²) in [5, 5.41) is 9.00. The molecule has 0 aliphatic rings. The van der Waals surface area contributed by atoms with Crippen LogP contribution in [-0.2, 0) is 9.53 Å². The van der Waals surface area contributed by atoms with Gasteiger partial charge in [-0.05, 0) is 27.7 Å². The first-order valence-electron chi connectivity index (χ1n) is 3.83. The molecule has 1 unspecified atom stereocenters. The summed E-state index contributed by atoms with van der Waals surface area (Å²) in [5.74, 6) is -0.771. The molecule has 2 atom stereocenters. The van der Waals surface area contributed by atoms with Crippen molar-refractivity contribution in [2.24, 2.45) is 5.92 Å². The SMILES string of the molecule is CC(C)OC(=O)C(C)[C@H](C)O. The number of aliphatic hydroxyl groups is 1. The largest absolute Gasteiger partial charge is 0.463 e. The Labute approximate surface area is 67.4 Å². The van der Waals surface area contributed by atoms with E-state index in [2.05, 4.69) is 0 Å². The van der Waals surface area contributed by atoms with E-state index < -0.39 is 12.0 Å². The molecule has 0 amide bonds. The Morgan fingerprint density at radius 1 is 1.27 bits per heavy atom. The number of rotatable bonds is 3. The van der Waals surface area contributed by atoms with Gasteiger partial charge in [0.2, 0.25) is 0 Å². The van der Waals surface area contributed by atoms with E-state index in [1.54, 1.807) is 27.7 Å². The van der Waals surface area contributed by atoms with Gasteiger partial charge in [-0.15, -0.1) is 0 Å². The summed E-state index contributed by atoms with van der Waals surface area (Å²) in [5.41, 5.74) is 0. The number of ether oxygens (including phenoxy) is 1. The Morgan fingerprint density at radius 3 is 2.00 bits per heavy atom. The van der Waals surface area contributed by atoms with Gasteiger partial charge in [0, 0.05) is 0 Å². The minimum atomic E-state index is -0.638. The average molecular weight is 160 g/mol. The smallest absolute Gasteiger partial charge is 0.311 e. The summed E-state index contributed by atoms with van der Waals surface area (Å²) in [6, 6.07) is 0. The molecule has 0 fully saturated rings. The van der Waals surface area contributed by atoms with Crippen LogP contribution in [-0.4, -0.2) is 23.3 Å². The zero-order valence-electron chi connectivity index (χ0n) is 7.50. The van der Waals surface area contributed by atoms with Gasteiger partial charge in [-0.25, -0.2) is 0 Å². The van der Waals surface area contributed by atoms with Crippen LogP contribution < -0.4 is 0 Å². The lowest BCUT2D eigenvalue weighted by atomic mass is 10.1. The third-order valence-electron chi connectivity index (χ3n) is 1.45. The lowest BCUT2D eigenvalue weighted by Gasteiger charge is -2.15. The van der Waals surface area contributed by atoms with Gasteiger partial charge in [-0.3, -0.25) is 4.79 Å². The Hall–Kier alpha value is -0.570. The van der Waals surface area contributed by atoms with E-state index in [9.17, 15) is 4.79 Å². The van der Waals surface area contributed by atoms with Gasteiger partial charge in [0.05, 0.1) is 18.1 Å². The van der Waals surface area contributed by atoms with Crippen LogP contribution in [0.15, 0.2) is 0 Å². The van der Waals surface area contributed by atoms with Crippen molar-refractivity contribution in [3.05, 3.63) is 0 Å². The first-order chi connectivity index (χ1) is 4.95. The minimum absolute atomic E-state index is 0.108. The monoisotopic (exact) mass is 160 g/mol. The first-order valence-corrected chi connectivity index (χ1v) is 3.83. The Morgan fingerprint density at radius 2 is 1.73 bits per heavy atom. The minimum Gasteiger partial charge on any atom is -0.463 e. The molecule has 66 valence electrons. The maximum atomic E-state index is 11.0. The first kappa shape index (κ1) is 10.4. The molecule has 3 nitrogen and oxygen atoms in total. The third kappa shape index (κ3) is 3.98. The van der Waals surface area contributed by atoms with Crippen LogP contribution in [0.3, 0.4) is 0 Å². The van der Waals surface area contributed by atoms with E-state index >= 15 is 0 Å². The topological polar surface area (TPSA) is 46.5 Å². The molecule has 0 radical (unpaired) electrons. The standard InChI is InChI=1S/C8H16O3/c1-5(2)11-8(10)6(3)7(4)9/h5-7,9H,1-4H3/t6?,7-/m0/s1. The number of carbonyl (C=O) groups excluding carboxylic acids is 1. The second kappa shape index (κ2) is 4.34. The van der Waals surface area contributed by atoms with Crippen molar-refractivity contribution in [1.29, 1.82) is 0 Å². The highest BCUT2D eigenvalue weighted by atomic mass is 16.5. The molecule has 0 bridgehead atoms. The zero-order valence-corrected chi connectivity index (χ0v) is 7.50. The maximum absolute atomic E-state index is 11.0. The summed E-state index contributed by atoms with van der Waals surface area (Å²) < 4.78 is 4.87. The van der Waals surface area contributed by atoms with Crippen LogP contribution in [0.5, 0.6) is 0 Å². The van der Waals surface area contributed by atoms with Crippen LogP contribution in [0, 0.1) is 5.92 Å². The van der Waals surface area contributed by atoms with E-state index in [1.807, 2.05) is 0 Å².